The van der Waals surface area contributed by atoms with Crippen molar-refractivity contribution in [2.24, 2.45) is 5.92 Å². The summed E-state index contributed by atoms with van der Waals surface area (Å²) in [5.74, 6) is 0.682. The molecule has 0 amide bonds. The second-order valence-electron chi connectivity index (χ2n) is 5.74. The van der Waals surface area contributed by atoms with Gasteiger partial charge in [0.25, 0.3) is 0 Å². The van der Waals surface area contributed by atoms with E-state index >= 15 is 0 Å². The molecule has 1 unspecified atom stereocenters. The van der Waals surface area contributed by atoms with Gasteiger partial charge in [0.05, 0.1) is 6.61 Å². The zero-order valence-corrected chi connectivity index (χ0v) is 13.4. The molecule has 0 aromatic carbocycles. The van der Waals surface area contributed by atoms with Crippen LogP contribution in [-0.2, 0) is 17.8 Å². The number of nitrogens with one attached hydrogen (secondary N) is 1. The molecule has 1 N–H and O–H groups in total. The SMILES string of the molecule is CCCC(C)Cn1cc(CNCCOC)c2cccnc21. The fraction of sp³-hybridized carbons (Fsp3) is 0.588. The Kier molecular flexibility index (Phi) is 6.21. The predicted octanol–water partition coefficient (Wildman–Crippen LogP) is 3.21. The molecule has 1 atom stereocenters. The molecule has 0 saturated heterocycles. The Morgan fingerprint density at radius 3 is 3.05 bits per heavy atom. The lowest BCUT2D eigenvalue weighted by Gasteiger charge is -2.11. The van der Waals surface area contributed by atoms with E-state index in [4.69, 9.17) is 4.74 Å². The summed E-state index contributed by atoms with van der Waals surface area (Å²) in [5.41, 5.74) is 2.42. The molecule has 21 heavy (non-hydrogen) atoms. The summed E-state index contributed by atoms with van der Waals surface area (Å²) >= 11 is 0. The van der Waals surface area contributed by atoms with Gasteiger partial charge in [0, 0.05) is 44.5 Å². The minimum absolute atomic E-state index is 0.682. The average molecular weight is 289 g/mol. The van der Waals surface area contributed by atoms with Gasteiger partial charge in [0.1, 0.15) is 5.65 Å². The lowest BCUT2D eigenvalue weighted by molar-refractivity contribution is 0.199. The molecule has 2 aromatic heterocycles. The van der Waals surface area contributed by atoms with E-state index in [1.807, 2.05) is 12.3 Å². The van der Waals surface area contributed by atoms with Crippen molar-refractivity contribution in [2.45, 2.75) is 39.8 Å². The lowest BCUT2D eigenvalue weighted by atomic mass is 10.1. The van der Waals surface area contributed by atoms with Gasteiger partial charge in [0.15, 0.2) is 0 Å². The number of aromatic nitrogens is 2. The first kappa shape index (κ1) is 16.0. The number of pyridine rings is 1. The van der Waals surface area contributed by atoms with Gasteiger partial charge < -0.3 is 14.6 Å². The van der Waals surface area contributed by atoms with Crippen LogP contribution in [0.15, 0.2) is 24.5 Å². The normalized spacial score (nSPS) is 12.9. The average Bonchev–Trinajstić information content (AvgIpc) is 2.82. The lowest BCUT2D eigenvalue weighted by Crippen LogP contribution is -2.18. The highest BCUT2D eigenvalue weighted by Gasteiger charge is 2.11. The summed E-state index contributed by atoms with van der Waals surface area (Å²) in [4.78, 5) is 4.57. The predicted molar refractivity (Wildman–Crippen MR) is 87.4 cm³/mol. The van der Waals surface area contributed by atoms with Crippen LogP contribution in [0.3, 0.4) is 0 Å². The standard InChI is InChI=1S/C17H27N3O/c1-4-6-14(2)12-20-13-15(11-18-9-10-21-3)16-7-5-8-19-17(16)20/h5,7-8,13-14,18H,4,6,9-12H2,1-3H3. The third-order valence-electron chi connectivity index (χ3n) is 3.80. The summed E-state index contributed by atoms with van der Waals surface area (Å²) < 4.78 is 7.38. The van der Waals surface area contributed by atoms with Crippen molar-refractivity contribution in [3.8, 4) is 0 Å². The fourth-order valence-electron chi connectivity index (χ4n) is 2.79. The third kappa shape index (κ3) is 4.29. The van der Waals surface area contributed by atoms with Crippen molar-refractivity contribution in [3.05, 3.63) is 30.1 Å². The molecule has 0 aliphatic heterocycles. The van der Waals surface area contributed by atoms with E-state index in [1.54, 1.807) is 7.11 Å². The number of methoxy groups -OCH3 is 1. The van der Waals surface area contributed by atoms with E-state index in [1.165, 1.54) is 23.8 Å². The van der Waals surface area contributed by atoms with Crippen molar-refractivity contribution in [1.82, 2.24) is 14.9 Å². The van der Waals surface area contributed by atoms with Gasteiger partial charge in [-0.15, -0.1) is 0 Å². The number of nitrogens with zero attached hydrogens (tertiary/aromatic N) is 2. The van der Waals surface area contributed by atoms with Crippen LogP contribution in [0.4, 0.5) is 0 Å². The number of ether oxygens (including phenoxy) is 1. The Balaban J connectivity index is 2.14. The topological polar surface area (TPSA) is 39.1 Å². The molecule has 4 nitrogen and oxygen atoms in total. The van der Waals surface area contributed by atoms with E-state index in [2.05, 4.69) is 41.0 Å². The smallest absolute Gasteiger partial charge is 0.140 e. The first-order valence-corrected chi connectivity index (χ1v) is 7.88. The minimum Gasteiger partial charge on any atom is -0.383 e. The van der Waals surface area contributed by atoms with Crippen molar-refractivity contribution >= 4 is 11.0 Å². The molecule has 116 valence electrons. The van der Waals surface area contributed by atoms with Crippen LogP contribution in [0.1, 0.15) is 32.3 Å². The second kappa shape index (κ2) is 8.15. The van der Waals surface area contributed by atoms with E-state index in [0.717, 1.165) is 31.9 Å². The van der Waals surface area contributed by atoms with E-state index in [9.17, 15) is 0 Å². The highest BCUT2D eigenvalue weighted by Crippen LogP contribution is 2.21. The number of hydrogen-bond donors (Lipinski definition) is 1. The van der Waals surface area contributed by atoms with Gasteiger partial charge in [-0.1, -0.05) is 20.3 Å². The minimum atomic E-state index is 0.682. The largest absolute Gasteiger partial charge is 0.383 e. The van der Waals surface area contributed by atoms with Crippen LogP contribution in [-0.4, -0.2) is 29.8 Å². The maximum absolute atomic E-state index is 5.07. The Labute approximate surface area is 127 Å². The summed E-state index contributed by atoms with van der Waals surface area (Å²) in [6.07, 6.45) is 6.63. The first-order chi connectivity index (χ1) is 10.3. The highest BCUT2D eigenvalue weighted by atomic mass is 16.5. The molecule has 2 rings (SSSR count). The summed E-state index contributed by atoms with van der Waals surface area (Å²) in [5, 5.41) is 4.68. The number of rotatable bonds is 9. The molecule has 0 fully saturated rings. The first-order valence-electron chi connectivity index (χ1n) is 7.88. The molecule has 0 radical (unpaired) electrons. The van der Waals surface area contributed by atoms with Crippen LogP contribution < -0.4 is 5.32 Å². The van der Waals surface area contributed by atoms with Gasteiger partial charge in [-0.05, 0) is 30.0 Å². The van der Waals surface area contributed by atoms with Crippen LogP contribution in [0.5, 0.6) is 0 Å². The summed E-state index contributed by atoms with van der Waals surface area (Å²) in [7, 11) is 1.73. The zero-order valence-electron chi connectivity index (χ0n) is 13.4. The molecule has 0 bridgehead atoms. The molecular weight excluding hydrogens is 262 g/mol. The molecule has 2 aromatic rings. The zero-order chi connectivity index (χ0) is 15.1. The van der Waals surface area contributed by atoms with E-state index in [-0.39, 0.29) is 0 Å². The van der Waals surface area contributed by atoms with Gasteiger partial charge in [0.2, 0.25) is 0 Å². The Hall–Kier alpha value is -1.39. The summed E-state index contributed by atoms with van der Waals surface area (Å²) in [6, 6.07) is 4.18. The number of fused-ring (bicyclic) bond motifs is 1. The Bertz CT molecular complexity index is 550. The maximum Gasteiger partial charge on any atom is 0.140 e. The van der Waals surface area contributed by atoms with Gasteiger partial charge >= 0.3 is 0 Å². The van der Waals surface area contributed by atoms with Gasteiger partial charge in [-0.3, -0.25) is 0 Å². The quantitative estimate of drug-likeness (QED) is 0.721. The molecule has 0 saturated carbocycles. The molecule has 0 aliphatic rings. The highest BCUT2D eigenvalue weighted by molar-refractivity contribution is 5.80. The monoisotopic (exact) mass is 289 g/mol. The van der Waals surface area contributed by atoms with Crippen molar-refractivity contribution in [3.63, 3.8) is 0 Å². The van der Waals surface area contributed by atoms with Crippen LogP contribution in [0.2, 0.25) is 0 Å². The van der Waals surface area contributed by atoms with Crippen LogP contribution in [0, 0.1) is 5.92 Å². The molecule has 2 heterocycles. The van der Waals surface area contributed by atoms with Crippen molar-refractivity contribution < 1.29 is 4.74 Å². The fourth-order valence-corrected chi connectivity index (χ4v) is 2.79. The van der Waals surface area contributed by atoms with Gasteiger partial charge in [-0.25, -0.2) is 4.98 Å². The second-order valence-corrected chi connectivity index (χ2v) is 5.74. The Morgan fingerprint density at radius 2 is 2.29 bits per heavy atom. The van der Waals surface area contributed by atoms with E-state index in [0.29, 0.717) is 5.92 Å². The maximum atomic E-state index is 5.07. The number of hydrogen-bond acceptors (Lipinski definition) is 3. The Morgan fingerprint density at radius 1 is 1.43 bits per heavy atom. The van der Waals surface area contributed by atoms with Gasteiger partial charge in [-0.2, -0.15) is 0 Å². The third-order valence-corrected chi connectivity index (χ3v) is 3.80. The molecule has 0 aliphatic carbocycles. The van der Waals surface area contributed by atoms with Crippen LogP contribution >= 0.6 is 0 Å². The van der Waals surface area contributed by atoms with Crippen LogP contribution in [0.25, 0.3) is 11.0 Å². The summed E-state index contributed by atoms with van der Waals surface area (Å²) in [6.45, 7) is 8.07. The van der Waals surface area contributed by atoms with Crippen molar-refractivity contribution in [1.29, 1.82) is 0 Å². The van der Waals surface area contributed by atoms with Crippen molar-refractivity contribution in [2.75, 3.05) is 20.3 Å². The van der Waals surface area contributed by atoms with E-state index < -0.39 is 0 Å². The molecular formula is C17H27N3O. The molecule has 4 heteroatoms. The molecule has 0 spiro atoms.